The molecule has 3 heteroatoms. The lowest BCUT2D eigenvalue weighted by Crippen LogP contribution is -2.45. The summed E-state index contributed by atoms with van der Waals surface area (Å²) in [6, 6.07) is 7.00. The molecule has 1 saturated heterocycles. The van der Waals surface area contributed by atoms with Crippen molar-refractivity contribution >= 4 is 10.9 Å². The zero-order valence-electron chi connectivity index (χ0n) is 12.5. The number of aromatic amines is 1. The molecule has 0 saturated carbocycles. The summed E-state index contributed by atoms with van der Waals surface area (Å²) in [4.78, 5) is 6.00. The van der Waals surface area contributed by atoms with Gasteiger partial charge in [-0.1, -0.05) is 32.0 Å². The quantitative estimate of drug-likeness (QED) is 0.901. The normalized spacial score (nSPS) is 24.4. The third-order valence-corrected chi connectivity index (χ3v) is 4.72. The molecule has 20 heavy (non-hydrogen) atoms. The second-order valence-electron chi connectivity index (χ2n) is 6.17. The molecular formula is C17H25N3. The van der Waals surface area contributed by atoms with Crippen molar-refractivity contribution in [3.63, 3.8) is 0 Å². The van der Waals surface area contributed by atoms with Gasteiger partial charge in [0.2, 0.25) is 0 Å². The van der Waals surface area contributed by atoms with Crippen LogP contribution >= 0.6 is 0 Å². The molecule has 2 aromatic rings. The van der Waals surface area contributed by atoms with Gasteiger partial charge in [-0.05, 0) is 36.4 Å². The van der Waals surface area contributed by atoms with Crippen LogP contribution in [0, 0.1) is 5.92 Å². The molecule has 1 aromatic heterocycles. The first kappa shape index (κ1) is 13.7. The highest BCUT2D eigenvalue weighted by atomic mass is 15.1. The number of likely N-dealkylation sites (tertiary alicyclic amines) is 1. The Morgan fingerprint density at radius 1 is 1.35 bits per heavy atom. The Hall–Kier alpha value is -1.32. The Kier molecular flexibility index (Phi) is 3.81. The van der Waals surface area contributed by atoms with Gasteiger partial charge in [0.05, 0.1) is 0 Å². The van der Waals surface area contributed by atoms with Crippen LogP contribution in [0.1, 0.15) is 31.4 Å². The average molecular weight is 271 g/mol. The number of aromatic nitrogens is 1. The van der Waals surface area contributed by atoms with Gasteiger partial charge in [-0.2, -0.15) is 0 Å². The number of nitrogens with one attached hydrogen (secondary N) is 1. The van der Waals surface area contributed by atoms with Crippen LogP contribution in [0.25, 0.3) is 10.9 Å². The van der Waals surface area contributed by atoms with E-state index in [0.29, 0.717) is 12.0 Å². The summed E-state index contributed by atoms with van der Waals surface area (Å²) in [6.07, 6.45) is 4.37. The number of para-hydroxylation sites is 1. The number of nitrogens with zero attached hydrogens (tertiary/aromatic N) is 1. The predicted molar refractivity (Wildman–Crippen MR) is 84.7 cm³/mol. The summed E-state index contributed by atoms with van der Waals surface area (Å²) < 4.78 is 0. The molecule has 1 aliphatic rings. The number of hydrogen-bond donors (Lipinski definition) is 2. The number of piperidine rings is 1. The minimum atomic E-state index is 0.376. The van der Waals surface area contributed by atoms with E-state index in [1.54, 1.807) is 0 Å². The van der Waals surface area contributed by atoms with Crippen molar-refractivity contribution in [2.45, 2.75) is 39.3 Å². The van der Waals surface area contributed by atoms with E-state index < -0.39 is 0 Å². The third kappa shape index (κ3) is 2.48. The van der Waals surface area contributed by atoms with Crippen LogP contribution < -0.4 is 5.73 Å². The molecule has 0 bridgehead atoms. The lowest BCUT2D eigenvalue weighted by Gasteiger charge is -2.34. The SMILES string of the molecule is CCc1cccc2c(CN3CCC(N)C(C)C3)c[nH]c12. The smallest absolute Gasteiger partial charge is 0.0489 e. The van der Waals surface area contributed by atoms with Crippen molar-refractivity contribution < 1.29 is 0 Å². The van der Waals surface area contributed by atoms with Crippen molar-refractivity contribution in [2.24, 2.45) is 11.7 Å². The van der Waals surface area contributed by atoms with Crippen LogP contribution in [-0.2, 0) is 13.0 Å². The monoisotopic (exact) mass is 271 g/mol. The van der Waals surface area contributed by atoms with E-state index in [2.05, 4.69) is 48.1 Å². The van der Waals surface area contributed by atoms with Crippen LogP contribution in [0.15, 0.2) is 24.4 Å². The molecule has 2 unspecified atom stereocenters. The fourth-order valence-electron chi connectivity index (χ4n) is 3.34. The highest BCUT2D eigenvalue weighted by Gasteiger charge is 2.23. The summed E-state index contributed by atoms with van der Waals surface area (Å²) in [6.45, 7) is 7.74. The standard InChI is InChI=1S/C17H25N3/c1-3-13-5-4-6-15-14(9-19-17(13)15)11-20-8-7-16(18)12(2)10-20/h4-6,9,12,16,19H,3,7-8,10-11,18H2,1-2H3. The van der Waals surface area contributed by atoms with E-state index in [-0.39, 0.29) is 0 Å². The van der Waals surface area contributed by atoms with Gasteiger partial charge < -0.3 is 10.7 Å². The number of nitrogens with two attached hydrogens (primary N) is 1. The number of aryl methyl sites for hydroxylation is 1. The topological polar surface area (TPSA) is 45.0 Å². The van der Waals surface area contributed by atoms with E-state index in [4.69, 9.17) is 5.73 Å². The maximum atomic E-state index is 6.11. The summed E-state index contributed by atoms with van der Waals surface area (Å²) in [7, 11) is 0. The molecule has 1 fully saturated rings. The molecule has 0 spiro atoms. The zero-order valence-corrected chi connectivity index (χ0v) is 12.5. The Morgan fingerprint density at radius 3 is 2.95 bits per heavy atom. The van der Waals surface area contributed by atoms with Crippen molar-refractivity contribution in [1.82, 2.24) is 9.88 Å². The molecule has 0 amide bonds. The Labute approximate surface area is 121 Å². The fourth-order valence-corrected chi connectivity index (χ4v) is 3.34. The van der Waals surface area contributed by atoms with Crippen LogP contribution in [-0.4, -0.2) is 29.0 Å². The summed E-state index contributed by atoms with van der Waals surface area (Å²) in [5, 5.41) is 1.38. The Bertz CT molecular complexity index is 587. The molecule has 2 atom stereocenters. The van der Waals surface area contributed by atoms with Crippen molar-refractivity contribution in [2.75, 3.05) is 13.1 Å². The summed E-state index contributed by atoms with van der Waals surface area (Å²) in [5.74, 6) is 0.597. The highest BCUT2D eigenvalue weighted by molar-refractivity contribution is 5.86. The second kappa shape index (κ2) is 5.58. The van der Waals surface area contributed by atoms with Crippen LogP contribution in [0.5, 0.6) is 0 Å². The summed E-state index contributed by atoms with van der Waals surface area (Å²) in [5.41, 5.74) is 10.2. The van der Waals surface area contributed by atoms with E-state index in [0.717, 1.165) is 32.5 Å². The molecule has 3 rings (SSSR count). The number of benzene rings is 1. The highest BCUT2D eigenvalue weighted by Crippen LogP contribution is 2.25. The molecule has 0 aliphatic carbocycles. The number of hydrogen-bond acceptors (Lipinski definition) is 2. The minimum Gasteiger partial charge on any atom is -0.361 e. The second-order valence-corrected chi connectivity index (χ2v) is 6.17. The van der Waals surface area contributed by atoms with Gasteiger partial charge in [-0.3, -0.25) is 4.90 Å². The molecule has 1 aliphatic heterocycles. The number of rotatable bonds is 3. The molecule has 3 nitrogen and oxygen atoms in total. The van der Waals surface area contributed by atoms with E-state index in [1.165, 1.54) is 22.0 Å². The van der Waals surface area contributed by atoms with E-state index >= 15 is 0 Å². The number of fused-ring (bicyclic) bond motifs is 1. The first-order valence-electron chi connectivity index (χ1n) is 7.74. The fraction of sp³-hybridized carbons (Fsp3) is 0.529. The third-order valence-electron chi connectivity index (χ3n) is 4.72. The molecule has 3 N–H and O–H groups in total. The lowest BCUT2D eigenvalue weighted by atomic mass is 9.94. The Balaban J connectivity index is 1.81. The van der Waals surface area contributed by atoms with Gasteiger partial charge in [-0.25, -0.2) is 0 Å². The van der Waals surface area contributed by atoms with Gasteiger partial charge in [0.25, 0.3) is 0 Å². The minimum absolute atomic E-state index is 0.376. The van der Waals surface area contributed by atoms with Gasteiger partial charge in [-0.15, -0.1) is 0 Å². The first-order chi connectivity index (χ1) is 9.69. The van der Waals surface area contributed by atoms with Crippen LogP contribution in [0.2, 0.25) is 0 Å². The van der Waals surface area contributed by atoms with Crippen molar-refractivity contribution in [3.8, 4) is 0 Å². The van der Waals surface area contributed by atoms with Crippen molar-refractivity contribution in [3.05, 3.63) is 35.5 Å². The summed E-state index contributed by atoms with van der Waals surface area (Å²) >= 11 is 0. The molecule has 2 heterocycles. The van der Waals surface area contributed by atoms with E-state index in [1.807, 2.05) is 0 Å². The molecule has 0 radical (unpaired) electrons. The first-order valence-corrected chi connectivity index (χ1v) is 7.74. The molecular weight excluding hydrogens is 246 g/mol. The largest absolute Gasteiger partial charge is 0.361 e. The van der Waals surface area contributed by atoms with E-state index in [9.17, 15) is 0 Å². The number of H-pyrrole nitrogens is 1. The van der Waals surface area contributed by atoms with Crippen LogP contribution in [0.3, 0.4) is 0 Å². The molecule has 108 valence electrons. The zero-order chi connectivity index (χ0) is 14.1. The maximum Gasteiger partial charge on any atom is 0.0489 e. The molecule has 1 aromatic carbocycles. The van der Waals surface area contributed by atoms with Gasteiger partial charge in [0, 0.05) is 36.2 Å². The predicted octanol–water partition coefficient (Wildman–Crippen LogP) is 2.90. The van der Waals surface area contributed by atoms with Gasteiger partial charge in [0.15, 0.2) is 0 Å². The van der Waals surface area contributed by atoms with Crippen molar-refractivity contribution in [1.29, 1.82) is 0 Å². The lowest BCUT2D eigenvalue weighted by molar-refractivity contribution is 0.158. The van der Waals surface area contributed by atoms with Gasteiger partial charge >= 0.3 is 0 Å². The average Bonchev–Trinajstić information content (AvgIpc) is 2.86. The maximum absolute atomic E-state index is 6.11. The van der Waals surface area contributed by atoms with Gasteiger partial charge in [0.1, 0.15) is 0 Å². The Morgan fingerprint density at radius 2 is 2.20 bits per heavy atom. The van der Waals surface area contributed by atoms with Crippen LogP contribution in [0.4, 0.5) is 0 Å².